The molecule has 3 N–H and O–H groups in total. The molecule has 0 aromatic rings. The average molecular weight is 800 g/mol. The predicted octanol–water partition coefficient (Wildman–Crippen LogP) is 11.7. The van der Waals surface area contributed by atoms with Crippen LogP contribution in [0, 0.1) is 0 Å². The van der Waals surface area contributed by atoms with E-state index in [4.69, 9.17) is 9.05 Å². The molecule has 0 fully saturated rings. The van der Waals surface area contributed by atoms with E-state index in [0.29, 0.717) is 17.4 Å². The lowest BCUT2D eigenvalue weighted by Crippen LogP contribution is -2.45. The Bertz CT molecular complexity index is 1270. The number of phosphoric ester groups is 1. The Morgan fingerprint density at radius 1 is 0.625 bits per heavy atom. The fourth-order valence-electron chi connectivity index (χ4n) is 5.09. The van der Waals surface area contributed by atoms with E-state index < -0.39 is 20.0 Å². The molecule has 318 valence electrons. The third-order valence-electron chi connectivity index (χ3n) is 8.47. The van der Waals surface area contributed by atoms with Gasteiger partial charge in [-0.15, -0.1) is 0 Å². The lowest BCUT2D eigenvalue weighted by molar-refractivity contribution is -0.870. The van der Waals surface area contributed by atoms with Crippen LogP contribution in [0.4, 0.5) is 0 Å². The van der Waals surface area contributed by atoms with Gasteiger partial charge in [-0.1, -0.05) is 149 Å². The Morgan fingerprint density at radius 3 is 1.61 bits per heavy atom. The molecule has 0 spiro atoms. The zero-order valence-corrected chi connectivity index (χ0v) is 36.7. The molecule has 1 amide bonds. The van der Waals surface area contributed by atoms with Crippen LogP contribution in [0.15, 0.2) is 109 Å². The molecule has 9 heteroatoms. The number of amides is 1. The summed E-state index contributed by atoms with van der Waals surface area (Å²) >= 11 is 0. The topological polar surface area (TPSA) is 105 Å². The number of unbranched alkanes of at least 4 members (excludes halogenated alkanes) is 7. The number of rotatable bonds is 36. The van der Waals surface area contributed by atoms with Crippen molar-refractivity contribution in [2.24, 2.45) is 0 Å². The van der Waals surface area contributed by atoms with Gasteiger partial charge in [0.15, 0.2) is 0 Å². The van der Waals surface area contributed by atoms with Gasteiger partial charge >= 0.3 is 7.82 Å². The number of nitrogens with one attached hydrogen (secondary N) is 1. The molecule has 0 saturated heterocycles. The van der Waals surface area contributed by atoms with Gasteiger partial charge in [0.05, 0.1) is 39.9 Å². The minimum absolute atomic E-state index is 0.0334. The minimum Gasteiger partial charge on any atom is -0.387 e. The molecular weight excluding hydrogens is 719 g/mol. The number of aliphatic hydroxyl groups excluding tert-OH is 1. The second-order valence-electron chi connectivity index (χ2n) is 15.0. The van der Waals surface area contributed by atoms with Crippen LogP contribution < -0.4 is 5.32 Å². The van der Waals surface area contributed by atoms with Crippen LogP contribution in [-0.2, 0) is 18.4 Å². The molecule has 0 aliphatic rings. The normalized spacial score (nSPS) is 15.5. The third kappa shape index (κ3) is 39.4. The van der Waals surface area contributed by atoms with Crippen molar-refractivity contribution in [3.05, 3.63) is 109 Å². The Kier molecular flexibility index (Phi) is 35.8. The van der Waals surface area contributed by atoms with Crippen molar-refractivity contribution in [1.29, 1.82) is 0 Å². The van der Waals surface area contributed by atoms with Crippen molar-refractivity contribution >= 4 is 13.7 Å². The van der Waals surface area contributed by atoms with Crippen LogP contribution in [0.3, 0.4) is 0 Å². The van der Waals surface area contributed by atoms with Gasteiger partial charge in [-0.3, -0.25) is 13.8 Å². The maximum Gasteiger partial charge on any atom is 0.472 e. The van der Waals surface area contributed by atoms with E-state index in [9.17, 15) is 19.4 Å². The number of hydrogen-bond donors (Lipinski definition) is 3. The van der Waals surface area contributed by atoms with E-state index in [1.165, 1.54) is 32.1 Å². The quantitative estimate of drug-likeness (QED) is 0.0252. The third-order valence-corrected chi connectivity index (χ3v) is 9.45. The predicted molar refractivity (Wildman–Crippen MR) is 239 cm³/mol. The van der Waals surface area contributed by atoms with E-state index >= 15 is 0 Å². The number of likely N-dealkylation sites (N-methyl/N-ethyl adjacent to an activating group) is 1. The number of aliphatic hydroxyl groups is 1. The van der Waals surface area contributed by atoms with Gasteiger partial charge in [0.1, 0.15) is 13.2 Å². The number of phosphoric acid groups is 1. The van der Waals surface area contributed by atoms with Crippen LogP contribution in [-0.4, -0.2) is 73.4 Å². The Balaban J connectivity index is 4.70. The summed E-state index contributed by atoms with van der Waals surface area (Å²) in [4.78, 5) is 23.0. The van der Waals surface area contributed by atoms with Crippen molar-refractivity contribution in [1.82, 2.24) is 5.32 Å². The van der Waals surface area contributed by atoms with Gasteiger partial charge in [-0.2, -0.15) is 0 Å². The summed E-state index contributed by atoms with van der Waals surface area (Å²) < 4.78 is 23.4. The van der Waals surface area contributed by atoms with Crippen molar-refractivity contribution in [2.75, 3.05) is 40.9 Å². The van der Waals surface area contributed by atoms with Gasteiger partial charge in [-0.25, -0.2) is 4.57 Å². The smallest absolute Gasteiger partial charge is 0.387 e. The highest BCUT2D eigenvalue weighted by Gasteiger charge is 2.27. The lowest BCUT2D eigenvalue weighted by Gasteiger charge is -2.25. The first-order valence-corrected chi connectivity index (χ1v) is 22.8. The van der Waals surface area contributed by atoms with Crippen LogP contribution in [0.5, 0.6) is 0 Å². The summed E-state index contributed by atoms with van der Waals surface area (Å²) in [5, 5.41) is 13.7. The molecule has 0 rings (SSSR count). The second kappa shape index (κ2) is 37.7. The largest absolute Gasteiger partial charge is 0.472 e. The Hall–Kier alpha value is -2.84. The molecule has 0 aromatic heterocycles. The number of nitrogens with zero attached hydrogens (tertiary/aromatic N) is 1. The van der Waals surface area contributed by atoms with E-state index in [1.54, 1.807) is 6.08 Å². The van der Waals surface area contributed by atoms with E-state index in [0.717, 1.165) is 70.6 Å². The molecule has 8 nitrogen and oxygen atoms in total. The molecular formula is C47H80N2O6P+. The van der Waals surface area contributed by atoms with E-state index in [2.05, 4.69) is 104 Å². The average Bonchev–Trinajstić information content (AvgIpc) is 3.15. The van der Waals surface area contributed by atoms with Crippen LogP contribution in [0.1, 0.15) is 129 Å². The van der Waals surface area contributed by atoms with Gasteiger partial charge in [0, 0.05) is 6.42 Å². The maximum atomic E-state index is 12.8. The highest BCUT2D eigenvalue weighted by Crippen LogP contribution is 2.43. The number of carbonyl (C=O) groups is 1. The lowest BCUT2D eigenvalue weighted by atomic mass is 10.1. The molecule has 0 aliphatic carbocycles. The Morgan fingerprint density at radius 2 is 1.09 bits per heavy atom. The fourth-order valence-corrected chi connectivity index (χ4v) is 5.83. The van der Waals surface area contributed by atoms with Crippen LogP contribution >= 0.6 is 7.82 Å². The molecule has 0 aliphatic heterocycles. The first kappa shape index (κ1) is 53.2. The van der Waals surface area contributed by atoms with Crippen molar-refractivity contribution in [3.63, 3.8) is 0 Å². The van der Waals surface area contributed by atoms with Gasteiger partial charge < -0.3 is 19.8 Å². The summed E-state index contributed by atoms with van der Waals surface area (Å²) in [6.45, 7) is 4.55. The van der Waals surface area contributed by atoms with Crippen LogP contribution in [0.25, 0.3) is 0 Å². The summed E-state index contributed by atoms with van der Waals surface area (Å²) in [6.07, 6.45) is 54.6. The molecule has 0 heterocycles. The first-order chi connectivity index (χ1) is 27.0. The van der Waals surface area contributed by atoms with Gasteiger partial charge in [0.2, 0.25) is 5.91 Å². The molecule has 56 heavy (non-hydrogen) atoms. The van der Waals surface area contributed by atoms with E-state index in [-0.39, 0.29) is 25.5 Å². The molecule has 3 unspecified atom stereocenters. The summed E-state index contributed by atoms with van der Waals surface area (Å²) in [5.41, 5.74) is 0. The maximum absolute atomic E-state index is 12.8. The molecule has 0 aromatic carbocycles. The number of quaternary nitrogens is 1. The SMILES string of the molecule is CC/C=C\C/C=C\C/C=C\C/C=C\C/C=C\C/C=C\CCC(=O)NC(COP(=O)(O)OCC[N+](C)(C)C)C(O)/C=C/CC/C=C/CC/C=C/CCCCCCC. The highest BCUT2D eigenvalue weighted by atomic mass is 31.2. The summed E-state index contributed by atoms with van der Waals surface area (Å²) in [6, 6.07) is -0.916. The standard InChI is InChI=1S/C47H79N2O6P/c1-6-8-10-12-14-16-18-20-22-23-24-25-27-29-31-33-35-37-39-41-47(51)48-45(44-55-56(52,53)54-43-42-49(3,4)5)46(50)40-38-36-34-32-30-28-26-21-19-17-15-13-11-9-7-2/h8,10,14,16,19-22,24-25,29-32,35,37-38,40,45-46,50H,6-7,9,11-13,15,17-18,23,26-28,33-34,36,39,41-44H2,1-5H3,(H-,48,51,52,53)/p+1/b10-8-,16-14-,21-19+,22-20-,25-24-,31-29-,32-30+,37-35-,40-38+. The summed E-state index contributed by atoms with van der Waals surface area (Å²) in [7, 11) is 1.48. The Labute approximate surface area is 342 Å². The number of carbonyl (C=O) groups excluding carboxylic acids is 1. The summed E-state index contributed by atoms with van der Waals surface area (Å²) in [5.74, 6) is -0.280. The van der Waals surface area contributed by atoms with Gasteiger partial charge in [0.25, 0.3) is 0 Å². The molecule has 0 bridgehead atoms. The van der Waals surface area contributed by atoms with Crippen LogP contribution in [0.2, 0.25) is 0 Å². The minimum atomic E-state index is -4.38. The van der Waals surface area contributed by atoms with Crippen molar-refractivity contribution in [3.8, 4) is 0 Å². The number of allylic oxidation sites excluding steroid dienone is 17. The monoisotopic (exact) mass is 800 g/mol. The zero-order valence-electron chi connectivity index (χ0n) is 35.8. The van der Waals surface area contributed by atoms with Crippen molar-refractivity contribution in [2.45, 2.75) is 142 Å². The molecule has 0 saturated carbocycles. The number of hydrogen-bond acceptors (Lipinski definition) is 5. The fraction of sp³-hybridized carbons (Fsp3) is 0.596. The zero-order chi connectivity index (χ0) is 41.4. The second-order valence-corrected chi connectivity index (χ2v) is 16.4. The highest BCUT2D eigenvalue weighted by molar-refractivity contribution is 7.47. The van der Waals surface area contributed by atoms with E-state index in [1.807, 2.05) is 39.4 Å². The first-order valence-electron chi connectivity index (χ1n) is 21.3. The van der Waals surface area contributed by atoms with Crippen molar-refractivity contribution < 1.29 is 32.9 Å². The molecule has 3 atom stereocenters. The molecule has 0 radical (unpaired) electrons. The van der Waals surface area contributed by atoms with Gasteiger partial charge in [-0.05, 0) is 83.5 Å².